The Bertz CT molecular complexity index is 1190. The molecular weight excluding hydrogens is 879 g/mol. The number of hydrogen-bond acceptors (Lipinski definition) is 3. The van der Waals surface area contributed by atoms with Crippen molar-refractivity contribution in [3.8, 4) is 0 Å². The number of rotatable bonds is 60. The molecule has 0 aromatic heterocycles. The van der Waals surface area contributed by atoms with Crippen molar-refractivity contribution >= 4 is 5.91 Å². The van der Waals surface area contributed by atoms with Crippen molar-refractivity contribution in [3.63, 3.8) is 0 Å². The average Bonchev–Trinajstić information content (AvgIpc) is 3.39. The van der Waals surface area contributed by atoms with Gasteiger partial charge in [-0.15, -0.1) is 0 Å². The number of allylic oxidation sites excluding steroid dienone is 9. The smallest absolute Gasteiger partial charge is 0.220 e. The first-order valence-corrected chi connectivity index (χ1v) is 32.5. The fourth-order valence-corrected chi connectivity index (χ4v) is 10.0. The van der Waals surface area contributed by atoms with E-state index >= 15 is 0 Å². The first kappa shape index (κ1) is 70.1. The highest BCUT2D eigenvalue weighted by atomic mass is 16.3. The van der Waals surface area contributed by atoms with E-state index in [9.17, 15) is 15.0 Å². The molecule has 0 radical (unpaired) electrons. The van der Waals surface area contributed by atoms with Crippen molar-refractivity contribution in [2.24, 2.45) is 0 Å². The van der Waals surface area contributed by atoms with E-state index in [0.717, 1.165) is 44.9 Å². The molecule has 0 rings (SSSR count). The van der Waals surface area contributed by atoms with Crippen molar-refractivity contribution in [3.05, 3.63) is 60.8 Å². The number of amides is 1. The van der Waals surface area contributed by atoms with Crippen LogP contribution in [-0.2, 0) is 4.79 Å². The molecular formula is C68H127NO3. The van der Waals surface area contributed by atoms with Gasteiger partial charge in [-0.3, -0.25) is 4.79 Å². The fourth-order valence-electron chi connectivity index (χ4n) is 10.0. The van der Waals surface area contributed by atoms with Crippen LogP contribution in [0.4, 0.5) is 0 Å². The third-order valence-corrected chi connectivity index (χ3v) is 15.0. The van der Waals surface area contributed by atoms with Gasteiger partial charge in [0.1, 0.15) is 0 Å². The highest BCUT2D eigenvalue weighted by Gasteiger charge is 2.18. The van der Waals surface area contributed by atoms with Gasteiger partial charge in [-0.2, -0.15) is 0 Å². The minimum Gasteiger partial charge on any atom is -0.394 e. The van der Waals surface area contributed by atoms with E-state index < -0.39 is 12.1 Å². The molecule has 0 fully saturated rings. The molecule has 0 aliphatic heterocycles. The maximum Gasteiger partial charge on any atom is 0.220 e. The predicted octanol–water partition coefficient (Wildman–Crippen LogP) is 21.9. The summed E-state index contributed by atoms with van der Waals surface area (Å²) in [6.45, 7) is 4.32. The highest BCUT2D eigenvalue weighted by Crippen LogP contribution is 2.17. The Kier molecular flexibility index (Phi) is 61.7. The van der Waals surface area contributed by atoms with Crippen molar-refractivity contribution in [1.82, 2.24) is 5.32 Å². The van der Waals surface area contributed by atoms with Crippen LogP contribution in [0.2, 0.25) is 0 Å². The first-order chi connectivity index (χ1) is 35.7. The van der Waals surface area contributed by atoms with Gasteiger partial charge < -0.3 is 15.5 Å². The number of hydrogen-bond donors (Lipinski definition) is 3. The van der Waals surface area contributed by atoms with Crippen LogP contribution in [0.15, 0.2) is 60.8 Å². The van der Waals surface area contributed by atoms with Crippen LogP contribution in [-0.4, -0.2) is 34.9 Å². The molecule has 0 saturated carbocycles. The van der Waals surface area contributed by atoms with E-state index in [1.807, 2.05) is 6.08 Å². The summed E-state index contributed by atoms with van der Waals surface area (Å²) in [6, 6.07) is -0.648. The molecule has 0 saturated heterocycles. The monoisotopic (exact) mass is 1010 g/mol. The number of aliphatic hydroxyl groups is 2. The summed E-state index contributed by atoms with van der Waals surface area (Å²) in [5.74, 6) is -0.0744. The van der Waals surface area contributed by atoms with E-state index in [0.29, 0.717) is 6.42 Å². The minimum atomic E-state index is -0.872. The zero-order valence-electron chi connectivity index (χ0n) is 48.7. The lowest BCUT2D eigenvalue weighted by atomic mass is 10.0. The third kappa shape index (κ3) is 59.0. The summed E-state index contributed by atoms with van der Waals surface area (Å²) < 4.78 is 0. The van der Waals surface area contributed by atoms with Crippen LogP contribution in [0.25, 0.3) is 0 Å². The molecule has 422 valence electrons. The summed E-state index contributed by atoms with van der Waals surface area (Å²) in [6.07, 6.45) is 90.1. The van der Waals surface area contributed by atoms with Crippen LogP contribution in [0, 0.1) is 0 Å². The molecule has 0 spiro atoms. The van der Waals surface area contributed by atoms with Gasteiger partial charge >= 0.3 is 0 Å². The standard InChI is InChI=1S/C68H127NO3/c1-3-5-7-9-11-13-15-17-19-21-23-25-26-27-28-29-30-31-32-33-34-35-36-37-38-39-40-41-42-44-46-48-50-52-54-56-58-60-62-64-68(72)69-66(65-70)67(71)63-61-59-57-55-53-51-49-47-45-43-24-22-20-18-16-14-12-10-8-6-4-2/h30-31,33-34,45,47,53,55,61,63,66-67,70-71H,3-29,32,35-44,46,48-52,54,56-60,62,64-65H2,1-2H3,(H,69,72)/b31-30-,34-33-,47-45+,55-53+,63-61+. The van der Waals surface area contributed by atoms with Gasteiger partial charge in [0.25, 0.3) is 0 Å². The Morgan fingerprint density at radius 2 is 0.583 bits per heavy atom. The van der Waals surface area contributed by atoms with Crippen molar-refractivity contribution in [2.75, 3.05) is 6.61 Å². The maximum atomic E-state index is 12.5. The van der Waals surface area contributed by atoms with E-state index in [1.54, 1.807) is 6.08 Å². The van der Waals surface area contributed by atoms with E-state index in [-0.39, 0.29) is 12.5 Å². The highest BCUT2D eigenvalue weighted by molar-refractivity contribution is 5.76. The summed E-state index contributed by atoms with van der Waals surface area (Å²) in [5.41, 5.74) is 0. The van der Waals surface area contributed by atoms with Gasteiger partial charge in [0, 0.05) is 6.42 Å². The van der Waals surface area contributed by atoms with E-state index in [4.69, 9.17) is 0 Å². The van der Waals surface area contributed by atoms with Crippen LogP contribution in [0.5, 0.6) is 0 Å². The predicted molar refractivity (Wildman–Crippen MR) is 322 cm³/mol. The fraction of sp³-hybridized carbons (Fsp3) is 0.838. The Hall–Kier alpha value is -1.91. The number of aliphatic hydroxyl groups excluding tert-OH is 2. The number of carbonyl (C=O) groups excluding carboxylic acids is 1. The summed E-state index contributed by atoms with van der Waals surface area (Å²) in [5, 5.41) is 23.2. The van der Waals surface area contributed by atoms with Gasteiger partial charge in [0.15, 0.2) is 0 Å². The first-order valence-electron chi connectivity index (χ1n) is 32.5. The second kappa shape index (κ2) is 63.4. The van der Waals surface area contributed by atoms with E-state index in [2.05, 4.69) is 67.8 Å². The topological polar surface area (TPSA) is 69.6 Å². The Morgan fingerprint density at radius 1 is 0.333 bits per heavy atom. The molecule has 0 aromatic rings. The molecule has 3 N–H and O–H groups in total. The van der Waals surface area contributed by atoms with Crippen LogP contribution < -0.4 is 5.32 Å². The van der Waals surface area contributed by atoms with Crippen molar-refractivity contribution in [2.45, 2.75) is 360 Å². The van der Waals surface area contributed by atoms with Gasteiger partial charge in [0.05, 0.1) is 18.8 Å². The molecule has 72 heavy (non-hydrogen) atoms. The molecule has 4 nitrogen and oxygen atoms in total. The summed E-state index contributed by atoms with van der Waals surface area (Å²) in [4.78, 5) is 12.5. The summed E-state index contributed by atoms with van der Waals surface area (Å²) >= 11 is 0. The average molecular weight is 1010 g/mol. The number of unbranched alkanes of at least 4 members (excludes halogenated alkanes) is 45. The lowest BCUT2D eigenvalue weighted by Gasteiger charge is -2.19. The Morgan fingerprint density at radius 3 is 0.889 bits per heavy atom. The Labute approximate surface area is 451 Å². The van der Waals surface area contributed by atoms with Gasteiger partial charge in [-0.05, 0) is 77.0 Å². The molecule has 1 amide bonds. The quantitative estimate of drug-likeness (QED) is 0.0420. The van der Waals surface area contributed by atoms with Crippen molar-refractivity contribution in [1.29, 1.82) is 0 Å². The molecule has 2 unspecified atom stereocenters. The molecule has 0 heterocycles. The second-order valence-corrected chi connectivity index (χ2v) is 22.2. The third-order valence-electron chi connectivity index (χ3n) is 15.0. The zero-order valence-corrected chi connectivity index (χ0v) is 48.7. The zero-order chi connectivity index (χ0) is 52.0. The van der Waals surface area contributed by atoms with Gasteiger partial charge in [-0.25, -0.2) is 0 Å². The Balaban J connectivity index is 3.47. The molecule has 0 aliphatic carbocycles. The molecule has 2 atom stereocenters. The summed E-state index contributed by atoms with van der Waals surface area (Å²) in [7, 11) is 0. The molecule has 0 aromatic carbocycles. The normalized spacial score (nSPS) is 13.1. The molecule has 4 heteroatoms. The minimum absolute atomic E-state index is 0.0744. The second-order valence-electron chi connectivity index (χ2n) is 22.2. The van der Waals surface area contributed by atoms with Crippen LogP contribution in [0.1, 0.15) is 348 Å². The molecule has 0 aliphatic rings. The lowest BCUT2D eigenvalue weighted by molar-refractivity contribution is -0.123. The largest absolute Gasteiger partial charge is 0.394 e. The van der Waals surface area contributed by atoms with Gasteiger partial charge in [0.2, 0.25) is 5.91 Å². The molecule has 0 bridgehead atoms. The van der Waals surface area contributed by atoms with Gasteiger partial charge in [-0.1, -0.05) is 325 Å². The van der Waals surface area contributed by atoms with Crippen LogP contribution in [0.3, 0.4) is 0 Å². The number of carbonyl (C=O) groups is 1. The number of nitrogens with one attached hydrogen (secondary N) is 1. The SMILES string of the molecule is CCCCCCCCCCCCC/C=C/CC/C=C/CC/C=C/C(O)C(CO)NC(=O)CCCCCCCCCCCCCCCCCCC/C=C\C/C=C\CCCCCCCCCCCCCCCCC. The van der Waals surface area contributed by atoms with Crippen LogP contribution >= 0.6 is 0 Å². The maximum absolute atomic E-state index is 12.5. The van der Waals surface area contributed by atoms with E-state index in [1.165, 1.54) is 283 Å². The van der Waals surface area contributed by atoms with Crippen molar-refractivity contribution < 1.29 is 15.0 Å². The lowest BCUT2D eigenvalue weighted by Crippen LogP contribution is -2.45.